The summed E-state index contributed by atoms with van der Waals surface area (Å²) in [5.74, 6) is -0.342. The van der Waals surface area contributed by atoms with Gasteiger partial charge in [0.15, 0.2) is 11.4 Å². The number of halogens is 1. The van der Waals surface area contributed by atoms with Crippen LogP contribution < -0.4 is 5.32 Å². The fourth-order valence-electron chi connectivity index (χ4n) is 1.70. The molecule has 21 heavy (non-hydrogen) atoms. The number of rotatable bonds is 4. The lowest BCUT2D eigenvalue weighted by Gasteiger charge is -2.17. The van der Waals surface area contributed by atoms with E-state index in [1.165, 1.54) is 19.2 Å². The Labute approximate surface area is 121 Å². The fourth-order valence-corrected chi connectivity index (χ4v) is 1.70. The van der Waals surface area contributed by atoms with Gasteiger partial charge in [-0.15, -0.1) is 0 Å². The highest BCUT2D eigenvalue weighted by atomic mass is 19.1. The van der Waals surface area contributed by atoms with Crippen LogP contribution in [-0.2, 0) is 15.1 Å². The van der Waals surface area contributed by atoms with Crippen molar-refractivity contribution in [3.05, 3.63) is 23.8 Å². The minimum Gasteiger partial charge on any atom is -0.450 e. The van der Waals surface area contributed by atoms with Gasteiger partial charge in [-0.1, -0.05) is 0 Å². The van der Waals surface area contributed by atoms with E-state index in [1.54, 1.807) is 20.8 Å². The molecule has 1 N–H and O–H groups in total. The van der Waals surface area contributed by atoms with E-state index >= 15 is 0 Å². The lowest BCUT2D eigenvalue weighted by atomic mass is 10.1. The first kappa shape index (κ1) is 15.2. The number of nitrogens with one attached hydrogen (secondary N) is 1. The van der Waals surface area contributed by atoms with Crippen LogP contribution in [0.2, 0.25) is 0 Å². The Balaban J connectivity index is 2.49. The number of hydrogen-bond donors (Lipinski definition) is 1. The van der Waals surface area contributed by atoms with Gasteiger partial charge in [-0.3, -0.25) is 5.32 Å². The molecule has 0 unspecified atom stereocenters. The zero-order valence-electron chi connectivity index (χ0n) is 12.3. The van der Waals surface area contributed by atoms with Crippen molar-refractivity contribution in [2.75, 3.05) is 19.0 Å². The molecule has 1 aromatic heterocycles. The Bertz CT molecular complexity index is 666. The Morgan fingerprint density at radius 1 is 1.48 bits per heavy atom. The summed E-state index contributed by atoms with van der Waals surface area (Å²) in [5.41, 5.74) is -0.306. The molecule has 0 fully saturated rings. The van der Waals surface area contributed by atoms with Crippen LogP contribution in [0.5, 0.6) is 0 Å². The number of methoxy groups -OCH3 is 1. The molecule has 0 bridgehead atoms. The van der Waals surface area contributed by atoms with Gasteiger partial charge in [0.2, 0.25) is 5.89 Å². The summed E-state index contributed by atoms with van der Waals surface area (Å²) >= 11 is 0. The quantitative estimate of drug-likeness (QED) is 0.935. The molecule has 0 aliphatic rings. The maximum atomic E-state index is 13.9. The summed E-state index contributed by atoms with van der Waals surface area (Å²) in [6.45, 7) is 5.38. The Morgan fingerprint density at radius 2 is 2.19 bits per heavy atom. The lowest BCUT2D eigenvalue weighted by molar-refractivity contribution is -0.00239. The monoisotopic (exact) mass is 296 g/mol. The van der Waals surface area contributed by atoms with Crippen molar-refractivity contribution in [1.29, 1.82) is 0 Å². The van der Waals surface area contributed by atoms with Gasteiger partial charge in [0, 0.05) is 7.11 Å². The van der Waals surface area contributed by atoms with E-state index in [1.807, 2.05) is 0 Å². The fraction of sp³-hybridized carbons (Fsp3) is 0.429. The van der Waals surface area contributed by atoms with Crippen molar-refractivity contribution in [2.24, 2.45) is 0 Å². The first-order chi connectivity index (χ1) is 9.89. The molecule has 7 heteroatoms. The first-order valence-electron chi connectivity index (χ1n) is 6.47. The second-order valence-electron chi connectivity index (χ2n) is 4.85. The smallest absolute Gasteiger partial charge is 0.411 e. The normalized spacial score (nSPS) is 11.7. The third-order valence-electron chi connectivity index (χ3n) is 3.03. The number of carbonyl (C=O) groups excluding carboxylic acids is 1. The van der Waals surface area contributed by atoms with Gasteiger partial charge in [-0.05, 0) is 32.9 Å². The van der Waals surface area contributed by atoms with Crippen LogP contribution in [0, 0.1) is 5.82 Å². The number of benzene rings is 1. The molecule has 114 valence electrons. The molecule has 0 radical (unpaired) electrons. The number of fused-ring (bicyclic) bond motifs is 1. The SMILES string of the molecule is CCOC(=O)Nc1c(F)ccc2nc(C(C)(C)OC)oc12. The van der Waals surface area contributed by atoms with Gasteiger partial charge < -0.3 is 13.9 Å². The zero-order chi connectivity index (χ0) is 15.6. The highest BCUT2D eigenvalue weighted by molar-refractivity contribution is 5.96. The maximum absolute atomic E-state index is 13.9. The summed E-state index contributed by atoms with van der Waals surface area (Å²) in [4.78, 5) is 15.7. The predicted octanol–water partition coefficient (Wildman–Crippen LogP) is 3.42. The molecule has 0 aliphatic carbocycles. The predicted molar refractivity (Wildman–Crippen MR) is 74.6 cm³/mol. The standard InChI is InChI=1S/C14H17FN2O4/c1-5-20-13(18)17-10-8(15)6-7-9-11(10)21-12(16-9)14(2,3)19-4/h6-7H,5H2,1-4H3,(H,17,18). The molecule has 0 saturated heterocycles. The first-order valence-corrected chi connectivity index (χ1v) is 6.47. The van der Waals surface area contributed by atoms with E-state index < -0.39 is 17.5 Å². The van der Waals surface area contributed by atoms with Crippen LogP contribution in [0.4, 0.5) is 14.9 Å². The maximum Gasteiger partial charge on any atom is 0.411 e. The summed E-state index contributed by atoms with van der Waals surface area (Å²) in [5, 5.41) is 2.33. The van der Waals surface area contributed by atoms with E-state index in [0.29, 0.717) is 5.52 Å². The highest BCUT2D eigenvalue weighted by Gasteiger charge is 2.28. The zero-order valence-corrected chi connectivity index (χ0v) is 12.3. The van der Waals surface area contributed by atoms with Crippen molar-refractivity contribution in [1.82, 2.24) is 4.98 Å². The summed E-state index contributed by atoms with van der Waals surface area (Å²) in [7, 11) is 1.52. The number of anilines is 1. The average Bonchev–Trinajstić information content (AvgIpc) is 2.87. The topological polar surface area (TPSA) is 73.6 Å². The number of hydrogen-bond acceptors (Lipinski definition) is 5. The largest absolute Gasteiger partial charge is 0.450 e. The van der Waals surface area contributed by atoms with Gasteiger partial charge in [0.1, 0.15) is 16.8 Å². The van der Waals surface area contributed by atoms with Gasteiger partial charge in [0.05, 0.1) is 6.61 Å². The summed E-state index contributed by atoms with van der Waals surface area (Å²) in [6, 6.07) is 2.68. The summed E-state index contributed by atoms with van der Waals surface area (Å²) in [6.07, 6.45) is -0.757. The number of amides is 1. The molecule has 2 aromatic rings. The second-order valence-corrected chi connectivity index (χ2v) is 4.85. The molecule has 1 aromatic carbocycles. The number of aromatic nitrogens is 1. The average molecular weight is 296 g/mol. The van der Waals surface area contributed by atoms with E-state index in [9.17, 15) is 9.18 Å². The van der Waals surface area contributed by atoms with Crippen LogP contribution >= 0.6 is 0 Å². The molecule has 0 aliphatic heterocycles. The van der Waals surface area contributed by atoms with E-state index in [2.05, 4.69) is 10.3 Å². The van der Waals surface area contributed by atoms with Gasteiger partial charge in [-0.25, -0.2) is 14.2 Å². The van der Waals surface area contributed by atoms with Crippen LogP contribution in [-0.4, -0.2) is 24.8 Å². The molecular weight excluding hydrogens is 279 g/mol. The summed E-state index contributed by atoms with van der Waals surface area (Å²) < 4.78 is 29.5. The molecule has 2 rings (SSSR count). The minimum absolute atomic E-state index is 0.100. The van der Waals surface area contributed by atoms with Crippen LogP contribution in [0.15, 0.2) is 16.5 Å². The van der Waals surface area contributed by atoms with E-state index in [-0.39, 0.29) is 23.8 Å². The molecule has 0 spiro atoms. The van der Waals surface area contributed by atoms with Gasteiger partial charge in [0.25, 0.3) is 0 Å². The van der Waals surface area contributed by atoms with Gasteiger partial charge in [-0.2, -0.15) is 0 Å². The lowest BCUT2D eigenvalue weighted by Crippen LogP contribution is -2.19. The third-order valence-corrected chi connectivity index (χ3v) is 3.03. The molecule has 0 saturated carbocycles. The number of oxazole rings is 1. The Hall–Kier alpha value is -2.15. The van der Waals surface area contributed by atoms with Crippen molar-refractivity contribution >= 4 is 22.9 Å². The van der Waals surface area contributed by atoms with E-state index in [4.69, 9.17) is 13.9 Å². The van der Waals surface area contributed by atoms with Crippen LogP contribution in [0.25, 0.3) is 11.1 Å². The van der Waals surface area contributed by atoms with Crippen LogP contribution in [0.3, 0.4) is 0 Å². The van der Waals surface area contributed by atoms with Crippen LogP contribution in [0.1, 0.15) is 26.7 Å². The number of nitrogens with zero attached hydrogens (tertiary/aromatic N) is 1. The number of ether oxygens (including phenoxy) is 2. The Morgan fingerprint density at radius 3 is 2.81 bits per heavy atom. The highest BCUT2D eigenvalue weighted by Crippen LogP contribution is 2.32. The molecular formula is C14H17FN2O4. The van der Waals surface area contributed by atoms with Crippen molar-refractivity contribution in [2.45, 2.75) is 26.4 Å². The number of carbonyl (C=O) groups is 1. The van der Waals surface area contributed by atoms with Gasteiger partial charge >= 0.3 is 6.09 Å². The Kier molecular flexibility index (Phi) is 4.13. The minimum atomic E-state index is -0.767. The van der Waals surface area contributed by atoms with Crippen molar-refractivity contribution in [3.63, 3.8) is 0 Å². The molecule has 1 heterocycles. The third kappa shape index (κ3) is 2.97. The molecule has 1 amide bonds. The van der Waals surface area contributed by atoms with Crippen molar-refractivity contribution < 1.29 is 23.1 Å². The molecule has 6 nitrogen and oxygen atoms in total. The van der Waals surface area contributed by atoms with E-state index in [0.717, 1.165) is 0 Å². The van der Waals surface area contributed by atoms with Crippen molar-refractivity contribution in [3.8, 4) is 0 Å². The second kappa shape index (κ2) is 5.69. The molecule has 0 atom stereocenters.